The van der Waals surface area contributed by atoms with Crippen molar-refractivity contribution in [2.24, 2.45) is 0 Å². The van der Waals surface area contributed by atoms with Gasteiger partial charge < -0.3 is 49.6 Å². The summed E-state index contributed by atoms with van der Waals surface area (Å²) in [4.78, 5) is 12.8. The number of aliphatic hydroxyl groups is 4. The third kappa shape index (κ3) is 3.86. The lowest BCUT2D eigenvalue weighted by Crippen LogP contribution is -2.60. The molecule has 2 aromatic carbocycles. The Hall–Kier alpha value is -3.35. The van der Waals surface area contributed by atoms with Gasteiger partial charge in [0.2, 0.25) is 17.5 Å². The standard InChI is InChI=1S/C22H22O11/c1-8-12(31-22-19(30)17(28)15(26)13(7-23)32-22)6-11(25)14-16(27)18(29)21(33-20(8)14)9-2-4-10(24)5-3-9/h2-6,13,15,17,19,22-26,28-30H,7H2,1H3. The molecule has 176 valence electrons. The Balaban J connectivity index is 1.81. The van der Waals surface area contributed by atoms with Crippen molar-refractivity contribution in [2.45, 2.75) is 37.6 Å². The highest BCUT2D eigenvalue weighted by Crippen LogP contribution is 2.39. The SMILES string of the molecule is Cc1c(OC2OC(CO)C(O)C(O)C2O)cc(O)c2c(=O)c(O)c(-c3ccc(O)cc3)oc12. The molecule has 0 amide bonds. The maximum atomic E-state index is 12.8. The number of aryl methyl sites for hydroxylation is 1. The first-order valence-corrected chi connectivity index (χ1v) is 9.93. The molecular weight excluding hydrogens is 440 g/mol. The van der Waals surface area contributed by atoms with Gasteiger partial charge in [-0.3, -0.25) is 4.79 Å². The van der Waals surface area contributed by atoms with Crippen LogP contribution in [0.2, 0.25) is 0 Å². The lowest BCUT2D eigenvalue weighted by atomic mass is 9.99. The molecule has 11 nitrogen and oxygen atoms in total. The Morgan fingerprint density at radius 2 is 1.67 bits per heavy atom. The van der Waals surface area contributed by atoms with Gasteiger partial charge >= 0.3 is 0 Å². The molecule has 0 spiro atoms. The number of fused-ring (bicyclic) bond motifs is 1. The zero-order valence-electron chi connectivity index (χ0n) is 17.2. The zero-order valence-corrected chi connectivity index (χ0v) is 17.2. The summed E-state index contributed by atoms with van der Waals surface area (Å²) in [7, 11) is 0. The first-order valence-electron chi connectivity index (χ1n) is 9.93. The summed E-state index contributed by atoms with van der Waals surface area (Å²) in [5.74, 6) is -1.66. The molecule has 7 N–H and O–H groups in total. The first kappa shape index (κ1) is 22.8. The smallest absolute Gasteiger partial charge is 0.238 e. The van der Waals surface area contributed by atoms with E-state index in [0.29, 0.717) is 0 Å². The minimum absolute atomic E-state index is 0.0367. The van der Waals surface area contributed by atoms with E-state index in [4.69, 9.17) is 13.9 Å². The maximum Gasteiger partial charge on any atom is 0.238 e. The fraction of sp³-hybridized carbons (Fsp3) is 0.318. The molecule has 0 radical (unpaired) electrons. The Kier molecular flexibility index (Phi) is 5.91. The van der Waals surface area contributed by atoms with E-state index in [1.165, 1.54) is 31.2 Å². The summed E-state index contributed by atoms with van der Waals surface area (Å²) >= 11 is 0. The molecule has 4 rings (SSSR count). The molecule has 1 saturated heterocycles. The number of hydrogen-bond acceptors (Lipinski definition) is 11. The van der Waals surface area contributed by atoms with Crippen LogP contribution in [-0.2, 0) is 4.74 Å². The largest absolute Gasteiger partial charge is 0.508 e. The van der Waals surface area contributed by atoms with Gasteiger partial charge in [0.15, 0.2) is 5.76 Å². The van der Waals surface area contributed by atoms with Crippen molar-refractivity contribution < 1.29 is 49.6 Å². The van der Waals surface area contributed by atoms with Crippen LogP contribution in [0.4, 0.5) is 0 Å². The lowest BCUT2D eigenvalue weighted by Gasteiger charge is -2.39. The van der Waals surface area contributed by atoms with Gasteiger partial charge in [0, 0.05) is 17.2 Å². The zero-order chi connectivity index (χ0) is 24.0. The van der Waals surface area contributed by atoms with Crippen molar-refractivity contribution in [3.8, 4) is 34.3 Å². The molecule has 3 aromatic rings. The molecule has 0 saturated carbocycles. The molecular formula is C22H22O11. The topological polar surface area (TPSA) is 190 Å². The molecule has 5 atom stereocenters. The Morgan fingerprint density at radius 1 is 1.00 bits per heavy atom. The van der Waals surface area contributed by atoms with E-state index in [1.807, 2.05) is 0 Å². The van der Waals surface area contributed by atoms with E-state index in [9.17, 15) is 40.5 Å². The summed E-state index contributed by atoms with van der Waals surface area (Å²) in [5, 5.41) is 69.4. The van der Waals surface area contributed by atoms with Gasteiger partial charge in [-0.1, -0.05) is 0 Å². The van der Waals surface area contributed by atoms with E-state index < -0.39 is 54.2 Å². The summed E-state index contributed by atoms with van der Waals surface area (Å²) in [6, 6.07) is 6.56. The number of benzene rings is 2. The van der Waals surface area contributed by atoms with Crippen LogP contribution < -0.4 is 10.2 Å². The Morgan fingerprint density at radius 3 is 2.30 bits per heavy atom. The van der Waals surface area contributed by atoms with Gasteiger partial charge in [-0.05, 0) is 31.2 Å². The van der Waals surface area contributed by atoms with Crippen LogP contribution >= 0.6 is 0 Å². The Labute approximate surface area is 185 Å². The van der Waals surface area contributed by atoms with Crippen LogP contribution in [0, 0.1) is 6.92 Å². The predicted octanol–water partition coefficient (Wildman–Crippen LogP) is 0.0639. The van der Waals surface area contributed by atoms with Crippen LogP contribution in [0.3, 0.4) is 0 Å². The summed E-state index contributed by atoms with van der Waals surface area (Å²) in [6.45, 7) is 0.832. The van der Waals surface area contributed by atoms with Crippen LogP contribution in [0.1, 0.15) is 5.56 Å². The average Bonchev–Trinajstić information content (AvgIpc) is 2.79. The van der Waals surface area contributed by atoms with E-state index >= 15 is 0 Å². The average molecular weight is 462 g/mol. The fourth-order valence-electron chi connectivity index (χ4n) is 3.66. The molecule has 0 aliphatic carbocycles. The minimum Gasteiger partial charge on any atom is -0.508 e. The molecule has 1 aliphatic rings. The van der Waals surface area contributed by atoms with Gasteiger partial charge in [-0.25, -0.2) is 0 Å². The van der Waals surface area contributed by atoms with Crippen LogP contribution in [0.5, 0.6) is 23.0 Å². The number of phenolic OH excluding ortho intramolecular Hbond substituents is 2. The van der Waals surface area contributed by atoms with E-state index in [0.717, 1.165) is 6.07 Å². The van der Waals surface area contributed by atoms with Crippen LogP contribution in [0.25, 0.3) is 22.3 Å². The van der Waals surface area contributed by atoms with E-state index in [1.54, 1.807) is 0 Å². The van der Waals surface area contributed by atoms with Crippen molar-refractivity contribution in [3.63, 3.8) is 0 Å². The number of phenols is 2. The van der Waals surface area contributed by atoms with Crippen LogP contribution in [-0.4, -0.2) is 73.1 Å². The molecule has 0 bridgehead atoms. The molecule has 1 aliphatic heterocycles. The fourth-order valence-corrected chi connectivity index (χ4v) is 3.66. The van der Waals surface area contributed by atoms with E-state index in [2.05, 4.69) is 0 Å². The summed E-state index contributed by atoms with van der Waals surface area (Å²) < 4.78 is 16.7. The molecule has 1 aromatic heterocycles. The first-order chi connectivity index (χ1) is 15.6. The Bertz CT molecular complexity index is 1230. The molecule has 5 unspecified atom stereocenters. The minimum atomic E-state index is -1.69. The second kappa shape index (κ2) is 8.54. The van der Waals surface area contributed by atoms with Crippen LogP contribution in [0.15, 0.2) is 39.5 Å². The monoisotopic (exact) mass is 462 g/mol. The highest BCUT2D eigenvalue weighted by molar-refractivity contribution is 5.90. The molecule has 2 heterocycles. The van der Waals surface area contributed by atoms with Crippen molar-refractivity contribution >= 4 is 11.0 Å². The maximum absolute atomic E-state index is 12.8. The van der Waals surface area contributed by atoms with E-state index in [-0.39, 0.29) is 39.4 Å². The normalized spacial score (nSPS) is 25.3. The van der Waals surface area contributed by atoms with Crippen molar-refractivity contribution in [2.75, 3.05) is 6.61 Å². The number of rotatable bonds is 4. The van der Waals surface area contributed by atoms with Gasteiger partial charge in [-0.2, -0.15) is 0 Å². The molecule has 11 heteroatoms. The van der Waals surface area contributed by atoms with Gasteiger partial charge in [0.1, 0.15) is 52.6 Å². The number of aliphatic hydroxyl groups excluding tert-OH is 4. The van der Waals surface area contributed by atoms with Crippen molar-refractivity contribution in [3.05, 3.63) is 46.1 Å². The predicted molar refractivity (Wildman–Crippen MR) is 112 cm³/mol. The third-order valence-electron chi connectivity index (χ3n) is 5.54. The number of hydrogen-bond donors (Lipinski definition) is 7. The highest BCUT2D eigenvalue weighted by atomic mass is 16.7. The molecule has 33 heavy (non-hydrogen) atoms. The third-order valence-corrected chi connectivity index (χ3v) is 5.54. The second-order valence-corrected chi connectivity index (χ2v) is 7.69. The molecule has 1 fully saturated rings. The lowest BCUT2D eigenvalue weighted by molar-refractivity contribution is -0.277. The second-order valence-electron chi connectivity index (χ2n) is 7.69. The van der Waals surface area contributed by atoms with Gasteiger partial charge in [0.05, 0.1) is 6.61 Å². The summed E-state index contributed by atoms with van der Waals surface area (Å²) in [5.41, 5.74) is -0.555. The quantitative estimate of drug-likeness (QED) is 0.278. The van der Waals surface area contributed by atoms with Crippen molar-refractivity contribution in [1.82, 2.24) is 0 Å². The highest BCUT2D eigenvalue weighted by Gasteiger charge is 2.45. The van der Waals surface area contributed by atoms with Gasteiger partial charge in [0.25, 0.3) is 0 Å². The number of aromatic hydroxyl groups is 3. The number of ether oxygens (including phenoxy) is 2. The van der Waals surface area contributed by atoms with Crippen molar-refractivity contribution in [1.29, 1.82) is 0 Å². The summed E-state index contributed by atoms with van der Waals surface area (Å²) in [6.07, 6.45) is -7.69. The van der Waals surface area contributed by atoms with Gasteiger partial charge in [-0.15, -0.1) is 0 Å².